The Bertz CT molecular complexity index is 1370. The van der Waals surface area contributed by atoms with Gasteiger partial charge in [-0.1, -0.05) is 30.3 Å². The van der Waals surface area contributed by atoms with E-state index in [4.69, 9.17) is 9.17 Å². The molecule has 3 amide bonds. The van der Waals surface area contributed by atoms with Gasteiger partial charge in [0.25, 0.3) is 10.1 Å². The number of nitrogens with one attached hydrogen (secondary N) is 2. The molecule has 37 heavy (non-hydrogen) atoms. The van der Waals surface area contributed by atoms with Crippen molar-refractivity contribution in [3.8, 4) is 11.1 Å². The third-order valence-corrected chi connectivity index (χ3v) is 5.81. The fraction of sp³-hybridized carbons (Fsp3) is 0.385. The number of aromatic nitrogens is 2. The van der Waals surface area contributed by atoms with Gasteiger partial charge in [0.05, 0.1) is 18.4 Å². The summed E-state index contributed by atoms with van der Waals surface area (Å²) >= 11 is 0. The van der Waals surface area contributed by atoms with Gasteiger partial charge in [-0.25, -0.2) is 14.8 Å². The van der Waals surface area contributed by atoms with E-state index in [1.807, 2.05) is 57.2 Å². The molecule has 0 spiro atoms. The molecule has 11 heteroatoms. The van der Waals surface area contributed by atoms with Crippen molar-refractivity contribution in [3.63, 3.8) is 0 Å². The summed E-state index contributed by atoms with van der Waals surface area (Å²) in [6.07, 6.45) is 3.63. The van der Waals surface area contributed by atoms with Gasteiger partial charge in [0.2, 0.25) is 5.91 Å². The predicted molar refractivity (Wildman–Crippen MR) is 145 cm³/mol. The Morgan fingerprint density at radius 3 is 2.41 bits per heavy atom. The van der Waals surface area contributed by atoms with Crippen molar-refractivity contribution in [2.75, 3.05) is 29.6 Å². The molecule has 0 saturated heterocycles. The Balaban J connectivity index is 1.92. The Morgan fingerprint density at radius 2 is 1.78 bits per heavy atom. The summed E-state index contributed by atoms with van der Waals surface area (Å²) in [5.41, 5.74) is 1.75. The van der Waals surface area contributed by atoms with Crippen LogP contribution in [0.15, 0.2) is 48.7 Å². The number of unbranched alkanes of at least 4 members (excludes halogenated alkanes) is 1. The summed E-state index contributed by atoms with van der Waals surface area (Å²) in [6, 6.07) is 12.8. The SMILES string of the molecule is CC(=O)N(CCCCOS(C)(=O)=O)c1cc2nc(NC(=O)NC(C)(C)C)c(-c3ccccc3)cc2cn1. The fourth-order valence-electron chi connectivity index (χ4n) is 3.63. The van der Waals surface area contributed by atoms with Crippen LogP contribution in [0.2, 0.25) is 0 Å². The molecule has 2 heterocycles. The maximum Gasteiger partial charge on any atom is 0.320 e. The Morgan fingerprint density at radius 1 is 1.08 bits per heavy atom. The topological polar surface area (TPSA) is 131 Å². The molecule has 3 rings (SSSR count). The minimum Gasteiger partial charge on any atom is -0.333 e. The van der Waals surface area contributed by atoms with Gasteiger partial charge in [0, 0.05) is 42.2 Å². The van der Waals surface area contributed by atoms with Gasteiger partial charge in [0.15, 0.2) is 0 Å². The average molecular weight is 528 g/mol. The largest absolute Gasteiger partial charge is 0.333 e. The van der Waals surface area contributed by atoms with Crippen molar-refractivity contribution < 1.29 is 22.2 Å². The van der Waals surface area contributed by atoms with Crippen LogP contribution >= 0.6 is 0 Å². The second-order valence-electron chi connectivity index (χ2n) is 9.72. The highest BCUT2D eigenvalue weighted by Gasteiger charge is 2.19. The van der Waals surface area contributed by atoms with E-state index in [1.165, 1.54) is 11.8 Å². The number of urea groups is 1. The monoisotopic (exact) mass is 527 g/mol. The lowest BCUT2D eigenvalue weighted by Gasteiger charge is -2.22. The normalized spacial score (nSPS) is 11.8. The van der Waals surface area contributed by atoms with Crippen LogP contribution in [0.4, 0.5) is 16.4 Å². The maximum absolute atomic E-state index is 12.7. The number of fused-ring (bicyclic) bond motifs is 1. The first-order valence-corrected chi connectivity index (χ1v) is 13.7. The van der Waals surface area contributed by atoms with Crippen LogP contribution in [0.3, 0.4) is 0 Å². The zero-order chi connectivity index (χ0) is 27.2. The van der Waals surface area contributed by atoms with Crippen molar-refractivity contribution in [2.24, 2.45) is 0 Å². The van der Waals surface area contributed by atoms with Crippen molar-refractivity contribution in [2.45, 2.75) is 46.1 Å². The number of rotatable bonds is 9. The van der Waals surface area contributed by atoms with E-state index in [-0.39, 0.29) is 18.5 Å². The molecule has 0 unspecified atom stereocenters. The first kappa shape index (κ1) is 28.0. The third kappa shape index (κ3) is 8.50. The van der Waals surface area contributed by atoms with E-state index in [0.29, 0.717) is 36.5 Å². The molecule has 0 bridgehead atoms. The van der Waals surface area contributed by atoms with Crippen LogP contribution in [0.25, 0.3) is 22.0 Å². The summed E-state index contributed by atoms with van der Waals surface area (Å²) in [5, 5.41) is 6.49. The Hall–Kier alpha value is -3.57. The average Bonchev–Trinajstić information content (AvgIpc) is 2.79. The molecule has 0 aliphatic rings. The number of nitrogens with zero attached hydrogens (tertiary/aromatic N) is 3. The number of hydrogen-bond acceptors (Lipinski definition) is 7. The van der Waals surface area contributed by atoms with E-state index < -0.39 is 15.7 Å². The number of carbonyl (C=O) groups excluding carboxylic acids is 2. The zero-order valence-corrected chi connectivity index (χ0v) is 22.6. The van der Waals surface area contributed by atoms with E-state index in [2.05, 4.69) is 15.6 Å². The van der Waals surface area contributed by atoms with E-state index in [1.54, 1.807) is 12.3 Å². The van der Waals surface area contributed by atoms with Crippen LogP contribution in [0.5, 0.6) is 0 Å². The van der Waals surface area contributed by atoms with E-state index >= 15 is 0 Å². The molecule has 10 nitrogen and oxygen atoms in total. The predicted octanol–water partition coefficient (Wildman–Crippen LogP) is 4.33. The lowest BCUT2D eigenvalue weighted by molar-refractivity contribution is -0.116. The molecule has 0 aliphatic heterocycles. The highest BCUT2D eigenvalue weighted by atomic mass is 32.2. The van der Waals surface area contributed by atoms with Gasteiger partial charge in [-0.3, -0.25) is 19.2 Å². The standard InChI is InChI=1S/C26H33N5O5S/c1-18(32)31(13-9-10-14-36-37(5,34)35)23-16-22-20(17-27-23)15-21(19-11-7-6-8-12-19)24(28-22)29-25(33)30-26(2,3)4/h6-8,11-12,15-17H,9-10,13-14H2,1-5H3,(H2,28,29,30,33). The first-order chi connectivity index (χ1) is 17.3. The minimum atomic E-state index is -3.50. The van der Waals surface area contributed by atoms with Crippen LogP contribution in [0, 0.1) is 0 Å². The molecule has 198 valence electrons. The number of anilines is 2. The van der Waals surface area contributed by atoms with Crippen molar-refractivity contribution in [1.82, 2.24) is 15.3 Å². The summed E-state index contributed by atoms with van der Waals surface area (Å²) in [7, 11) is -3.50. The van der Waals surface area contributed by atoms with Crippen molar-refractivity contribution in [1.29, 1.82) is 0 Å². The van der Waals surface area contributed by atoms with Crippen LogP contribution in [0.1, 0.15) is 40.5 Å². The quantitative estimate of drug-likeness (QED) is 0.313. The van der Waals surface area contributed by atoms with E-state index in [9.17, 15) is 18.0 Å². The number of benzene rings is 1. The maximum atomic E-state index is 12.7. The van der Waals surface area contributed by atoms with Crippen molar-refractivity contribution >= 4 is 44.6 Å². The van der Waals surface area contributed by atoms with Crippen LogP contribution < -0.4 is 15.5 Å². The lowest BCUT2D eigenvalue weighted by Crippen LogP contribution is -2.43. The van der Waals surface area contributed by atoms with E-state index in [0.717, 1.165) is 22.8 Å². The molecule has 0 aliphatic carbocycles. The Kier molecular flexibility index (Phi) is 8.82. The van der Waals surface area contributed by atoms with Crippen LogP contribution in [-0.2, 0) is 19.1 Å². The van der Waals surface area contributed by atoms with Gasteiger partial charge in [0.1, 0.15) is 11.6 Å². The van der Waals surface area contributed by atoms with Crippen molar-refractivity contribution in [3.05, 3.63) is 48.7 Å². The van der Waals surface area contributed by atoms with Gasteiger partial charge >= 0.3 is 6.03 Å². The summed E-state index contributed by atoms with van der Waals surface area (Å²) in [4.78, 5) is 35.7. The zero-order valence-electron chi connectivity index (χ0n) is 21.7. The summed E-state index contributed by atoms with van der Waals surface area (Å²) < 4.78 is 27.0. The molecular weight excluding hydrogens is 494 g/mol. The van der Waals surface area contributed by atoms with Gasteiger partial charge in [-0.2, -0.15) is 8.42 Å². The van der Waals surface area contributed by atoms with Gasteiger partial charge in [-0.15, -0.1) is 0 Å². The number of carbonyl (C=O) groups is 2. The molecule has 0 fully saturated rings. The highest BCUT2D eigenvalue weighted by molar-refractivity contribution is 7.85. The number of pyridine rings is 2. The third-order valence-electron chi connectivity index (χ3n) is 5.22. The molecule has 0 radical (unpaired) electrons. The first-order valence-electron chi connectivity index (χ1n) is 11.9. The number of amides is 3. The molecular formula is C26H33N5O5S. The van der Waals surface area contributed by atoms with Gasteiger partial charge in [-0.05, 0) is 45.2 Å². The van der Waals surface area contributed by atoms with Crippen LogP contribution in [-0.4, -0.2) is 55.3 Å². The molecule has 2 N–H and O–H groups in total. The summed E-state index contributed by atoms with van der Waals surface area (Å²) in [5.74, 6) is 0.582. The molecule has 0 saturated carbocycles. The highest BCUT2D eigenvalue weighted by Crippen LogP contribution is 2.31. The second-order valence-corrected chi connectivity index (χ2v) is 11.4. The second kappa shape index (κ2) is 11.7. The smallest absolute Gasteiger partial charge is 0.320 e. The molecule has 0 atom stereocenters. The van der Waals surface area contributed by atoms with Gasteiger partial charge < -0.3 is 5.32 Å². The molecule has 2 aromatic heterocycles. The minimum absolute atomic E-state index is 0.0468. The molecule has 1 aromatic carbocycles. The Labute approximate surface area is 217 Å². The number of hydrogen-bond donors (Lipinski definition) is 2. The molecule has 3 aromatic rings. The lowest BCUT2D eigenvalue weighted by atomic mass is 10.0. The fourth-order valence-corrected chi connectivity index (χ4v) is 4.05. The summed E-state index contributed by atoms with van der Waals surface area (Å²) in [6.45, 7) is 7.49.